The van der Waals surface area contributed by atoms with Gasteiger partial charge in [-0.2, -0.15) is 8.42 Å². The molecule has 0 unspecified atom stereocenters. The summed E-state index contributed by atoms with van der Waals surface area (Å²) >= 11 is 0. The predicted molar refractivity (Wildman–Crippen MR) is 117 cm³/mol. The molecular formula is C21H31N5O2S. The second-order valence-electron chi connectivity index (χ2n) is 7.72. The van der Waals surface area contributed by atoms with Gasteiger partial charge < -0.3 is 4.90 Å². The van der Waals surface area contributed by atoms with Crippen molar-refractivity contribution in [1.82, 2.24) is 14.7 Å². The number of benzene rings is 1. The monoisotopic (exact) mass is 417 g/mol. The first-order valence-electron chi connectivity index (χ1n) is 10.4. The minimum absolute atomic E-state index is 0.398. The van der Waals surface area contributed by atoms with E-state index in [1.165, 1.54) is 18.4 Å². The van der Waals surface area contributed by atoms with Crippen LogP contribution in [0.1, 0.15) is 44.6 Å². The van der Waals surface area contributed by atoms with Crippen molar-refractivity contribution >= 4 is 16.0 Å². The molecule has 0 amide bonds. The van der Waals surface area contributed by atoms with E-state index < -0.39 is 10.2 Å². The number of aryl methyl sites for hydroxylation is 1. The van der Waals surface area contributed by atoms with Gasteiger partial charge in [0.25, 0.3) is 10.2 Å². The molecule has 29 heavy (non-hydrogen) atoms. The van der Waals surface area contributed by atoms with Crippen LogP contribution in [-0.4, -0.2) is 38.0 Å². The average molecular weight is 418 g/mol. The van der Waals surface area contributed by atoms with E-state index in [2.05, 4.69) is 56.8 Å². The van der Waals surface area contributed by atoms with Gasteiger partial charge >= 0.3 is 0 Å². The molecule has 0 spiro atoms. The third-order valence-corrected chi connectivity index (χ3v) is 6.12. The Morgan fingerprint density at radius 2 is 1.90 bits per heavy atom. The molecule has 3 rings (SSSR count). The summed E-state index contributed by atoms with van der Waals surface area (Å²) < 4.78 is 24.3. The summed E-state index contributed by atoms with van der Waals surface area (Å²) in [4.78, 5) is 11.2. The van der Waals surface area contributed by atoms with Crippen LogP contribution in [0.5, 0.6) is 0 Å². The Balaban J connectivity index is 1.56. The van der Waals surface area contributed by atoms with Gasteiger partial charge in [-0.05, 0) is 43.6 Å². The fourth-order valence-corrected chi connectivity index (χ4v) is 4.16. The van der Waals surface area contributed by atoms with Crippen molar-refractivity contribution in [2.75, 3.05) is 24.5 Å². The van der Waals surface area contributed by atoms with Gasteiger partial charge in [0.1, 0.15) is 12.1 Å². The number of nitrogens with two attached hydrogens (primary N) is 1. The number of hydrogen-bond donors (Lipinski definition) is 2. The second-order valence-corrected chi connectivity index (χ2v) is 9.10. The zero-order valence-corrected chi connectivity index (χ0v) is 17.9. The van der Waals surface area contributed by atoms with E-state index in [1.807, 2.05) is 0 Å². The van der Waals surface area contributed by atoms with Crippen molar-refractivity contribution in [3.05, 3.63) is 42.2 Å². The molecule has 0 saturated carbocycles. The molecule has 1 aliphatic rings. The largest absolute Gasteiger partial charge is 0.356 e. The fraction of sp³-hybridized carbons (Fsp3) is 0.524. The Hall–Kier alpha value is -2.03. The lowest BCUT2D eigenvalue weighted by Crippen LogP contribution is -2.36. The molecule has 0 atom stereocenters. The van der Waals surface area contributed by atoms with Crippen molar-refractivity contribution in [1.29, 1.82) is 0 Å². The van der Waals surface area contributed by atoms with Gasteiger partial charge in [-0.1, -0.05) is 37.6 Å². The number of aromatic nitrogens is 2. The number of unbranched alkanes of at least 4 members (excludes halogenated alkanes) is 1. The molecule has 1 aliphatic heterocycles. The summed E-state index contributed by atoms with van der Waals surface area (Å²) in [5, 5.41) is 4.98. The molecule has 158 valence electrons. The smallest absolute Gasteiger partial charge is 0.274 e. The average Bonchev–Trinajstić information content (AvgIpc) is 2.72. The third-order valence-electron chi connectivity index (χ3n) is 5.52. The highest BCUT2D eigenvalue weighted by Gasteiger charge is 2.20. The van der Waals surface area contributed by atoms with Gasteiger partial charge in [0.05, 0.1) is 5.69 Å². The van der Waals surface area contributed by atoms with Gasteiger partial charge in [0.2, 0.25) is 0 Å². The van der Waals surface area contributed by atoms with Crippen molar-refractivity contribution < 1.29 is 8.42 Å². The van der Waals surface area contributed by atoms with Crippen molar-refractivity contribution in [2.45, 2.75) is 45.4 Å². The van der Waals surface area contributed by atoms with Gasteiger partial charge in [-0.15, -0.1) is 0 Å². The first kappa shape index (κ1) is 21.7. The summed E-state index contributed by atoms with van der Waals surface area (Å²) in [6.07, 6.45) is 8.01. The minimum atomic E-state index is -3.59. The highest BCUT2D eigenvalue weighted by Crippen LogP contribution is 2.26. The molecule has 1 fully saturated rings. The highest BCUT2D eigenvalue weighted by molar-refractivity contribution is 7.87. The molecule has 0 radical (unpaired) electrons. The van der Waals surface area contributed by atoms with E-state index in [9.17, 15) is 8.42 Å². The number of nitrogens with one attached hydrogen (secondary N) is 1. The lowest BCUT2D eigenvalue weighted by atomic mass is 9.93. The molecule has 8 heteroatoms. The third kappa shape index (κ3) is 6.76. The SMILES string of the molecule is CCCCc1ccc(-c2cc(N3CCC(CCNS(N)(=O)=O)CC3)ncn2)cc1. The van der Waals surface area contributed by atoms with Crippen molar-refractivity contribution in [3.63, 3.8) is 0 Å². The van der Waals surface area contributed by atoms with E-state index in [4.69, 9.17) is 5.14 Å². The molecule has 1 saturated heterocycles. The number of nitrogens with zero attached hydrogens (tertiary/aromatic N) is 3. The van der Waals surface area contributed by atoms with Crippen LogP contribution in [0.4, 0.5) is 5.82 Å². The van der Waals surface area contributed by atoms with Crippen LogP contribution < -0.4 is 14.8 Å². The zero-order chi connectivity index (χ0) is 20.7. The maximum atomic E-state index is 11.0. The molecule has 2 aromatic rings. The van der Waals surface area contributed by atoms with Gasteiger partial charge in [0, 0.05) is 31.3 Å². The van der Waals surface area contributed by atoms with Crippen LogP contribution in [0, 0.1) is 5.92 Å². The number of anilines is 1. The van der Waals surface area contributed by atoms with E-state index in [1.54, 1.807) is 6.33 Å². The van der Waals surface area contributed by atoms with E-state index in [0.717, 1.165) is 55.8 Å². The second kappa shape index (κ2) is 10.1. The maximum Gasteiger partial charge on any atom is 0.274 e. The number of rotatable bonds is 9. The maximum absolute atomic E-state index is 11.0. The van der Waals surface area contributed by atoms with Gasteiger partial charge in [0.15, 0.2) is 0 Å². The molecule has 7 nitrogen and oxygen atoms in total. The lowest BCUT2D eigenvalue weighted by molar-refractivity contribution is 0.380. The Morgan fingerprint density at radius 3 is 2.55 bits per heavy atom. The van der Waals surface area contributed by atoms with E-state index >= 15 is 0 Å². The summed E-state index contributed by atoms with van der Waals surface area (Å²) in [5.74, 6) is 1.45. The molecule has 0 bridgehead atoms. The first-order valence-corrected chi connectivity index (χ1v) is 11.9. The first-order chi connectivity index (χ1) is 13.9. The lowest BCUT2D eigenvalue weighted by Gasteiger charge is -2.32. The van der Waals surface area contributed by atoms with Crippen LogP contribution in [0.15, 0.2) is 36.7 Å². The summed E-state index contributed by atoms with van der Waals surface area (Å²) in [6.45, 7) is 4.43. The molecule has 1 aromatic heterocycles. The normalized spacial score (nSPS) is 15.6. The van der Waals surface area contributed by atoms with Crippen LogP contribution in [0.3, 0.4) is 0 Å². The molecular weight excluding hydrogens is 386 g/mol. The van der Waals surface area contributed by atoms with E-state index in [0.29, 0.717) is 12.5 Å². The molecule has 3 N–H and O–H groups in total. The minimum Gasteiger partial charge on any atom is -0.356 e. The van der Waals surface area contributed by atoms with Crippen molar-refractivity contribution in [2.24, 2.45) is 11.1 Å². The standard InChI is InChI=1S/C21H31N5O2S/c1-2-3-4-17-5-7-19(8-6-17)20-15-21(24-16-23-20)26-13-10-18(11-14-26)9-12-25-29(22,27)28/h5-8,15-16,18,25H,2-4,9-14H2,1H3,(H2,22,27,28). The zero-order valence-electron chi connectivity index (χ0n) is 17.0. The van der Waals surface area contributed by atoms with E-state index in [-0.39, 0.29) is 0 Å². The summed E-state index contributed by atoms with van der Waals surface area (Å²) in [6, 6.07) is 10.7. The molecule has 1 aromatic carbocycles. The Kier molecular flexibility index (Phi) is 7.57. The topological polar surface area (TPSA) is 101 Å². The van der Waals surface area contributed by atoms with Gasteiger partial charge in [-0.25, -0.2) is 19.8 Å². The van der Waals surface area contributed by atoms with Gasteiger partial charge in [-0.3, -0.25) is 0 Å². The number of piperidine rings is 1. The molecule has 0 aliphatic carbocycles. The highest BCUT2D eigenvalue weighted by atomic mass is 32.2. The predicted octanol–water partition coefficient (Wildman–Crippen LogP) is 2.89. The summed E-state index contributed by atoms with van der Waals surface area (Å²) in [5.41, 5.74) is 3.42. The number of hydrogen-bond acceptors (Lipinski definition) is 5. The van der Waals surface area contributed by atoms with Crippen LogP contribution in [0.25, 0.3) is 11.3 Å². The van der Waals surface area contributed by atoms with Crippen molar-refractivity contribution in [3.8, 4) is 11.3 Å². The Morgan fingerprint density at radius 1 is 1.17 bits per heavy atom. The molecule has 2 heterocycles. The van der Waals surface area contributed by atoms with Crippen LogP contribution >= 0.6 is 0 Å². The Labute approximate surface area is 173 Å². The van der Waals surface area contributed by atoms with Crippen LogP contribution in [-0.2, 0) is 16.6 Å². The fourth-order valence-electron chi connectivity index (χ4n) is 3.76. The quantitative estimate of drug-likeness (QED) is 0.653. The summed E-state index contributed by atoms with van der Waals surface area (Å²) in [7, 11) is -3.59. The van der Waals surface area contributed by atoms with Crippen LogP contribution in [0.2, 0.25) is 0 Å². The Bertz CT molecular complexity index is 878.